The van der Waals surface area contributed by atoms with Crippen LogP contribution in [0, 0.1) is 26.7 Å². The second-order valence-corrected chi connectivity index (χ2v) is 20.7. The maximum absolute atomic E-state index is 2.64. The van der Waals surface area contributed by atoms with Gasteiger partial charge < -0.3 is 18.6 Å². The molecular formula is C70H52N4. The van der Waals surface area contributed by atoms with Crippen LogP contribution in [0.25, 0.3) is 98.4 Å². The van der Waals surface area contributed by atoms with Crippen molar-refractivity contribution in [1.82, 2.24) is 8.80 Å². The molecule has 4 nitrogen and oxygen atoms in total. The number of aromatic nitrogens is 2. The first-order chi connectivity index (χ1) is 36.4. The highest BCUT2D eigenvalue weighted by atomic mass is 15.2. The average molecular weight is 949 g/mol. The molecule has 0 amide bonds. The highest BCUT2D eigenvalue weighted by Crippen LogP contribution is 2.56. The van der Waals surface area contributed by atoms with Gasteiger partial charge >= 0.3 is 0 Å². The van der Waals surface area contributed by atoms with Gasteiger partial charge in [-0.2, -0.15) is 0 Å². The number of rotatable bonds is 8. The van der Waals surface area contributed by atoms with E-state index in [0.29, 0.717) is 5.92 Å². The highest BCUT2D eigenvalue weighted by molar-refractivity contribution is 6.39. The van der Waals surface area contributed by atoms with Gasteiger partial charge in [0, 0.05) is 77.0 Å². The third-order valence-corrected chi connectivity index (χ3v) is 16.0. The first-order valence-corrected chi connectivity index (χ1v) is 26.1. The van der Waals surface area contributed by atoms with Crippen molar-refractivity contribution in [2.24, 2.45) is 5.92 Å². The third kappa shape index (κ3) is 6.09. The largest absolute Gasteiger partial charge is 0.310 e. The molecule has 0 radical (unpaired) electrons. The van der Waals surface area contributed by atoms with E-state index < -0.39 is 0 Å². The van der Waals surface area contributed by atoms with E-state index in [1.165, 1.54) is 127 Å². The summed E-state index contributed by atoms with van der Waals surface area (Å²) in [6.45, 7) is 8.79. The first-order valence-electron chi connectivity index (χ1n) is 26.1. The van der Waals surface area contributed by atoms with Crippen LogP contribution in [0.5, 0.6) is 0 Å². The van der Waals surface area contributed by atoms with Crippen LogP contribution in [-0.2, 0) is 0 Å². The number of anilines is 5. The van der Waals surface area contributed by atoms with Gasteiger partial charge in [0.15, 0.2) is 0 Å². The van der Waals surface area contributed by atoms with Gasteiger partial charge in [0.05, 0.1) is 44.5 Å². The van der Waals surface area contributed by atoms with Crippen molar-refractivity contribution < 1.29 is 0 Å². The van der Waals surface area contributed by atoms with Gasteiger partial charge in [-0.25, -0.2) is 0 Å². The molecule has 352 valence electrons. The minimum atomic E-state index is 0.498. The number of hydrogen-bond acceptors (Lipinski definition) is 2. The minimum Gasteiger partial charge on any atom is -0.310 e. The zero-order valence-corrected chi connectivity index (χ0v) is 41.9. The Labute approximate surface area is 430 Å². The van der Waals surface area contributed by atoms with Crippen LogP contribution in [-0.4, -0.2) is 8.80 Å². The minimum absolute atomic E-state index is 0.498. The number of para-hydroxylation sites is 2. The Morgan fingerprint density at radius 3 is 1.19 bits per heavy atom. The molecule has 0 saturated carbocycles. The van der Waals surface area contributed by atoms with Crippen LogP contribution in [0.3, 0.4) is 0 Å². The molecule has 1 aliphatic carbocycles. The van der Waals surface area contributed by atoms with Crippen LogP contribution >= 0.6 is 0 Å². The molecule has 15 rings (SSSR count). The Hall–Kier alpha value is -9.12. The molecule has 0 fully saturated rings. The number of allylic oxidation sites excluding steroid dienone is 3. The molecule has 4 heterocycles. The lowest BCUT2D eigenvalue weighted by atomic mass is 9.89. The lowest BCUT2D eigenvalue weighted by Crippen LogP contribution is -2.17. The summed E-state index contributed by atoms with van der Waals surface area (Å²) in [6, 6.07) is 77.3. The lowest BCUT2D eigenvalue weighted by Gasteiger charge is -2.29. The smallest absolute Gasteiger partial charge is 0.0634 e. The van der Waals surface area contributed by atoms with E-state index in [2.05, 4.69) is 271 Å². The van der Waals surface area contributed by atoms with Crippen molar-refractivity contribution >= 4 is 105 Å². The molecule has 1 atom stereocenters. The monoisotopic (exact) mass is 948 g/mol. The fraction of sp³-hybridized carbons (Fsp3) is 0.0857. The van der Waals surface area contributed by atoms with Gasteiger partial charge in [-0.1, -0.05) is 181 Å². The predicted molar refractivity (Wildman–Crippen MR) is 315 cm³/mol. The normalized spacial score (nSPS) is 14.1. The number of nitrogens with zero attached hydrogens (tertiary/aromatic N) is 4. The summed E-state index contributed by atoms with van der Waals surface area (Å²) in [6.07, 6.45) is 8.11. The maximum Gasteiger partial charge on any atom is 0.0634 e. The van der Waals surface area contributed by atoms with Crippen LogP contribution in [0.2, 0.25) is 0 Å². The molecule has 0 spiro atoms. The van der Waals surface area contributed by atoms with Crippen molar-refractivity contribution in [2.75, 3.05) is 9.80 Å². The summed E-state index contributed by atoms with van der Waals surface area (Å²) in [7, 11) is 0. The molecule has 0 aliphatic heterocycles. The van der Waals surface area contributed by atoms with Crippen molar-refractivity contribution in [2.45, 2.75) is 34.1 Å². The summed E-state index contributed by atoms with van der Waals surface area (Å²) in [5.74, 6) is 0.498. The zero-order chi connectivity index (χ0) is 49.3. The summed E-state index contributed by atoms with van der Waals surface area (Å²) in [5, 5.41) is 10.0. The number of aryl methyl sites for hydroxylation is 3. The molecule has 0 bridgehead atoms. The van der Waals surface area contributed by atoms with Crippen molar-refractivity contribution in [3.63, 3.8) is 0 Å². The van der Waals surface area contributed by atoms with Crippen molar-refractivity contribution in [3.05, 3.63) is 247 Å². The first kappa shape index (κ1) is 42.6. The standard InChI is InChI=1S/C70H52N4/c1-43-27-35-49(36-28-43)71(50-37-29-44(2)30-38-50)57-23-13-25-59-63(57)53-19-11-21-55-65-62(48-17-9-6-10-18-48)70-66(61(47-15-7-5-8-16-47)69(65)73(59)67(53)55)56-22-12-20-54-64-58(24-14-26-60(64)74(70)68(54)56)72(51-39-31-45(3)32-40-51)52-41-33-46(4)34-42-52/h5-33,35-42,46H,34H2,1-4H3. The zero-order valence-electron chi connectivity index (χ0n) is 41.9. The number of hydrogen-bond donors (Lipinski definition) is 0. The van der Waals surface area contributed by atoms with Crippen LogP contribution in [0.15, 0.2) is 230 Å². The quantitative estimate of drug-likeness (QED) is 0.151. The third-order valence-electron chi connectivity index (χ3n) is 16.0. The van der Waals surface area contributed by atoms with Crippen molar-refractivity contribution in [1.29, 1.82) is 0 Å². The van der Waals surface area contributed by atoms with E-state index in [1.807, 2.05) is 0 Å². The Balaban J connectivity index is 1.13. The molecule has 0 saturated heterocycles. The molecule has 4 aromatic heterocycles. The average Bonchev–Trinajstić information content (AvgIpc) is 4.21. The Morgan fingerprint density at radius 1 is 0.378 bits per heavy atom. The van der Waals surface area contributed by atoms with Crippen LogP contribution in [0.4, 0.5) is 28.4 Å². The van der Waals surface area contributed by atoms with E-state index in [9.17, 15) is 0 Å². The van der Waals surface area contributed by atoms with Gasteiger partial charge in [0.2, 0.25) is 0 Å². The fourth-order valence-electron chi connectivity index (χ4n) is 12.7. The molecule has 0 N–H and O–H groups in total. The van der Waals surface area contributed by atoms with E-state index in [0.717, 1.165) is 29.2 Å². The fourth-order valence-corrected chi connectivity index (χ4v) is 12.7. The molecule has 1 aliphatic rings. The molecule has 1 unspecified atom stereocenters. The number of benzene rings is 10. The predicted octanol–water partition coefficient (Wildman–Crippen LogP) is 19.3. The SMILES string of the molecule is Cc1ccc(N(C2=CCC(C)C=C2)c2cccc3c2c2cccc4c5c(-c6ccccc6)c6c(c(-c7ccccc7)c5n3c24)c2cccc3c4c(N(c5ccc(C)cc5)c5ccc(C)cc5)cccc4n6c32)cc1. The summed E-state index contributed by atoms with van der Waals surface area (Å²) >= 11 is 0. The second kappa shape index (κ2) is 16.2. The van der Waals surface area contributed by atoms with Gasteiger partial charge in [-0.05, 0) is 111 Å². The topological polar surface area (TPSA) is 15.3 Å². The van der Waals surface area contributed by atoms with Gasteiger partial charge in [-0.15, -0.1) is 0 Å². The van der Waals surface area contributed by atoms with E-state index in [1.54, 1.807) is 0 Å². The van der Waals surface area contributed by atoms with E-state index in [4.69, 9.17) is 0 Å². The van der Waals surface area contributed by atoms with Gasteiger partial charge in [0.25, 0.3) is 0 Å². The Kier molecular flexibility index (Phi) is 9.31. The van der Waals surface area contributed by atoms with Crippen molar-refractivity contribution in [3.8, 4) is 22.3 Å². The summed E-state index contributed by atoms with van der Waals surface area (Å²) in [4.78, 5) is 4.94. The number of fused-ring (bicyclic) bond motifs is 12. The summed E-state index contributed by atoms with van der Waals surface area (Å²) in [5.41, 5.74) is 22.9. The van der Waals surface area contributed by atoms with Gasteiger partial charge in [0.1, 0.15) is 0 Å². The molecule has 4 heteroatoms. The van der Waals surface area contributed by atoms with Crippen LogP contribution < -0.4 is 9.80 Å². The maximum atomic E-state index is 2.64. The molecular weight excluding hydrogens is 897 g/mol. The Bertz CT molecular complexity index is 4530. The van der Waals surface area contributed by atoms with E-state index in [-0.39, 0.29) is 0 Å². The molecule has 10 aromatic carbocycles. The van der Waals surface area contributed by atoms with E-state index >= 15 is 0 Å². The Morgan fingerprint density at radius 2 is 0.770 bits per heavy atom. The summed E-state index contributed by atoms with van der Waals surface area (Å²) < 4.78 is 5.27. The van der Waals surface area contributed by atoms with Crippen LogP contribution in [0.1, 0.15) is 30.0 Å². The lowest BCUT2D eigenvalue weighted by molar-refractivity contribution is 0.728. The molecule has 74 heavy (non-hydrogen) atoms. The second-order valence-electron chi connectivity index (χ2n) is 20.7. The molecule has 14 aromatic rings. The highest BCUT2D eigenvalue weighted by Gasteiger charge is 2.32. The van der Waals surface area contributed by atoms with Gasteiger partial charge in [-0.3, -0.25) is 0 Å².